The smallest absolute Gasteiger partial charge is 0.254 e. The van der Waals surface area contributed by atoms with Crippen LogP contribution in [-0.4, -0.2) is 31.2 Å². The standard InChI is InChI=1S/C19H16F2N2O3/c1-23-16-5-2-11(8-12(16)9-18(23)25)17(24)6-7-22-19(26)14-10-13(20)3-4-15(14)21/h2-5,8,10H,6-7,9H2,1H3,(H,22,26). The minimum Gasteiger partial charge on any atom is -0.351 e. The number of nitrogens with one attached hydrogen (secondary N) is 1. The SMILES string of the molecule is CN1C(=O)Cc2cc(C(=O)CCNC(=O)c3cc(F)ccc3F)ccc21. The number of halogens is 2. The number of carbonyl (C=O) groups excluding carboxylic acids is 3. The number of hydrogen-bond acceptors (Lipinski definition) is 3. The topological polar surface area (TPSA) is 66.5 Å². The van der Waals surface area contributed by atoms with Crippen molar-refractivity contribution in [3.8, 4) is 0 Å². The van der Waals surface area contributed by atoms with Crippen LogP contribution in [0.15, 0.2) is 36.4 Å². The molecule has 0 aromatic heterocycles. The molecule has 1 aliphatic heterocycles. The second-order valence-corrected chi connectivity index (χ2v) is 6.03. The number of carbonyl (C=O) groups is 3. The molecule has 2 amide bonds. The Hall–Kier alpha value is -3.09. The molecule has 0 spiro atoms. The van der Waals surface area contributed by atoms with E-state index in [0.717, 1.165) is 29.4 Å². The van der Waals surface area contributed by atoms with Gasteiger partial charge in [-0.1, -0.05) is 0 Å². The molecule has 5 nitrogen and oxygen atoms in total. The Bertz CT molecular complexity index is 912. The van der Waals surface area contributed by atoms with Crippen LogP contribution in [0.3, 0.4) is 0 Å². The second-order valence-electron chi connectivity index (χ2n) is 6.03. The zero-order chi connectivity index (χ0) is 18.8. The molecule has 1 heterocycles. The lowest BCUT2D eigenvalue weighted by Gasteiger charge is -2.10. The van der Waals surface area contributed by atoms with Crippen LogP contribution in [0.1, 0.15) is 32.7 Å². The van der Waals surface area contributed by atoms with Gasteiger partial charge in [0.05, 0.1) is 12.0 Å². The number of likely N-dealkylation sites (N-methyl/N-ethyl adjacent to an activating group) is 1. The normalized spacial score (nSPS) is 12.9. The van der Waals surface area contributed by atoms with Crippen molar-refractivity contribution in [1.82, 2.24) is 5.32 Å². The van der Waals surface area contributed by atoms with E-state index in [1.54, 1.807) is 25.2 Å². The summed E-state index contributed by atoms with van der Waals surface area (Å²) >= 11 is 0. The summed E-state index contributed by atoms with van der Waals surface area (Å²) in [5.41, 5.74) is 1.60. The summed E-state index contributed by atoms with van der Waals surface area (Å²) in [5.74, 6) is -2.58. The molecule has 0 atom stereocenters. The molecule has 0 saturated carbocycles. The Kier molecular flexibility index (Phi) is 4.79. The molecule has 0 bridgehead atoms. The van der Waals surface area contributed by atoms with Crippen LogP contribution in [0.2, 0.25) is 0 Å². The highest BCUT2D eigenvalue weighted by molar-refractivity contribution is 6.03. The van der Waals surface area contributed by atoms with Gasteiger partial charge >= 0.3 is 0 Å². The Morgan fingerprint density at radius 2 is 1.92 bits per heavy atom. The fourth-order valence-corrected chi connectivity index (χ4v) is 2.84. The van der Waals surface area contributed by atoms with E-state index in [-0.39, 0.29) is 31.1 Å². The van der Waals surface area contributed by atoms with Gasteiger partial charge in [0.2, 0.25) is 5.91 Å². The van der Waals surface area contributed by atoms with E-state index in [9.17, 15) is 23.2 Å². The summed E-state index contributed by atoms with van der Waals surface area (Å²) < 4.78 is 26.7. The van der Waals surface area contributed by atoms with Crippen molar-refractivity contribution in [3.05, 3.63) is 64.7 Å². The summed E-state index contributed by atoms with van der Waals surface area (Å²) in [4.78, 5) is 37.4. The van der Waals surface area contributed by atoms with Crippen LogP contribution in [-0.2, 0) is 11.2 Å². The zero-order valence-electron chi connectivity index (χ0n) is 14.0. The van der Waals surface area contributed by atoms with Crippen molar-refractivity contribution in [2.75, 3.05) is 18.5 Å². The lowest BCUT2D eigenvalue weighted by molar-refractivity contribution is -0.117. The van der Waals surface area contributed by atoms with E-state index < -0.39 is 23.1 Å². The summed E-state index contributed by atoms with van der Waals surface area (Å²) in [5, 5.41) is 2.41. The summed E-state index contributed by atoms with van der Waals surface area (Å²) in [7, 11) is 1.68. The second kappa shape index (κ2) is 7.03. The van der Waals surface area contributed by atoms with Crippen molar-refractivity contribution < 1.29 is 23.2 Å². The maximum atomic E-state index is 13.5. The van der Waals surface area contributed by atoms with Gasteiger partial charge in [0.25, 0.3) is 5.91 Å². The van der Waals surface area contributed by atoms with Crippen LogP contribution >= 0.6 is 0 Å². The first-order valence-electron chi connectivity index (χ1n) is 8.03. The summed E-state index contributed by atoms with van der Waals surface area (Å²) in [6.45, 7) is -0.0104. The predicted molar refractivity (Wildman–Crippen MR) is 91.2 cm³/mol. The molecule has 134 valence electrons. The van der Waals surface area contributed by atoms with Crippen LogP contribution < -0.4 is 10.2 Å². The largest absolute Gasteiger partial charge is 0.351 e. The number of fused-ring (bicyclic) bond motifs is 1. The van der Waals surface area contributed by atoms with Gasteiger partial charge in [0, 0.05) is 31.3 Å². The highest BCUT2D eigenvalue weighted by atomic mass is 19.1. The van der Waals surface area contributed by atoms with Gasteiger partial charge in [-0.3, -0.25) is 14.4 Å². The zero-order valence-corrected chi connectivity index (χ0v) is 14.0. The fourth-order valence-electron chi connectivity index (χ4n) is 2.84. The molecule has 1 N–H and O–H groups in total. The van der Waals surface area contributed by atoms with E-state index >= 15 is 0 Å². The average molecular weight is 358 g/mol. The molecule has 0 radical (unpaired) electrons. The third kappa shape index (κ3) is 3.46. The quantitative estimate of drug-likeness (QED) is 0.835. The van der Waals surface area contributed by atoms with Crippen molar-refractivity contribution in [1.29, 1.82) is 0 Å². The molecule has 0 unspecified atom stereocenters. The molecule has 7 heteroatoms. The van der Waals surface area contributed by atoms with Gasteiger partial charge in [-0.2, -0.15) is 0 Å². The maximum Gasteiger partial charge on any atom is 0.254 e. The number of ketones is 1. The van der Waals surface area contributed by atoms with Gasteiger partial charge < -0.3 is 10.2 Å². The highest BCUT2D eigenvalue weighted by Crippen LogP contribution is 2.28. The van der Waals surface area contributed by atoms with E-state index in [1.165, 1.54) is 4.90 Å². The van der Waals surface area contributed by atoms with Gasteiger partial charge in [-0.25, -0.2) is 8.78 Å². The minimum absolute atomic E-state index is 0.00521. The fraction of sp³-hybridized carbons (Fsp3) is 0.211. The van der Waals surface area contributed by atoms with Crippen molar-refractivity contribution in [2.24, 2.45) is 0 Å². The van der Waals surface area contributed by atoms with Gasteiger partial charge in [-0.15, -0.1) is 0 Å². The number of rotatable bonds is 5. The Balaban J connectivity index is 1.60. The lowest BCUT2D eigenvalue weighted by Crippen LogP contribution is -2.27. The summed E-state index contributed by atoms with van der Waals surface area (Å²) in [6, 6.07) is 7.62. The summed E-state index contributed by atoms with van der Waals surface area (Å²) in [6.07, 6.45) is 0.258. The molecular formula is C19H16F2N2O3. The van der Waals surface area contributed by atoms with Crippen LogP contribution in [0.5, 0.6) is 0 Å². The number of Topliss-reactive ketones (excluding diaryl/α,β-unsaturated/α-hetero) is 1. The molecule has 2 aromatic rings. The van der Waals surface area contributed by atoms with E-state index in [0.29, 0.717) is 5.56 Å². The first-order valence-corrected chi connectivity index (χ1v) is 8.03. The Labute approximate surface area is 148 Å². The third-order valence-corrected chi connectivity index (χ3v) is 4.29. The molecule has 1 aliphatic rings. The Morgan fingerprint density at radius 1 is 1.15 bits per heavy atom. The first kappa shape index (κ1) is 17.7. The van der Waals surface area contributed by atoms with Crippen LogP contribution in [0.4, 0.5) is 14.5 Å². The average Bonchev–Trinajstić information content (AvgIpc) is 2.90. The molecule has 26 heavy (non-hydrogen) atoms. The van der Waals surface area contributed by atoms with Gasteiger partial charge in [0.1, 0.15) is 11.6 Å². The number of benzene rings is 2. The molecule has 3 rings (SSSR count). The first-order chi connectivity index (χ1) is 12.4. The molecular weight excluding hydrogens is 342 g/mol. The Morgan fingerprint density at radius 3 is 2.69 bits per heavy atom. The van der Waals surface area contributed by atoms with Gasteiger partial charge in [-0.05, 0) is 42.0 Å². The number of hydrogen-bond donors (Lipinski definition) is 1. The van der Waals surface area contributed by atoms with Crippen molar-refractivity contribution >= 4 is 23.3 Å². The third-order valence-electron chi connectivity index (χ3n) is 4.29. The number of nitrogens with zero attached hydrogens (tertiary/aromatic N) is 1. The lowest BCUT2D eigenvalue weighted by atomic mass is 10.0. The number of anilines is 1. The minimum atomic E-state index is -0.831. The van der Waals surface area contributed by atoms with E-state index in [1.807, 2.05) is 0 Å². The van der Waals surface area contributed by atoms with Crippen LogP contribution in [0, 0.1) is 11.6 Å². The molecule has 2 aromatic carbocycles. The highest BCUT2D eigenvalue weighted by Gasteiger charge is 2.24. The monoisotopic (exact) mass is 358 g/mol. The van der Waals surface area contributed by atoms with E-state index in [4.69, 9.17) is 0 Å². The van der Waals surface area contributed by atoms with Gasteiger partial charge in [0.15, 0.2) is 5.78 Å². The van der Waals surface area contributed by atoms with Crippen molar-refractivity contribution in [3.63, 3.8) is 0 Å². The predicted octanol–water partition coefficient (Wildman–Crippen LogP) is 2.49. The maximum absolute atomic E-state index is 13.5. The van der Waals surface area contributed by atoms with E-state index in [2.05, 4.69) is 5.32 Å². The van der Waals surface area contributed by atoms with Crippen molar-refractivity contribution in [2.45, 2.75) is 12.8 Å². The molecule has 0 fully saturated rings. The van der Waals surface area contributed by atoms with Crippen LogP contribution in [0.25, 0.3) is 0 Å². The number of amides is 2. The molecule has 0 aliphatic carbocycles. The molecule has 0 saturated heterocycles.